The van der Waals surface area contributed by atoms with E-state index in [1.165, 1.54) is 0 Å². The summed E-state index contributed by atoms with van der Waals surface area (Å²) in [4.78, 5) is 52.6. The van der Waals surface area contributed by atoms with E-state index >= 15 is 0 Å². The maximum Gasteiger partial charge on any atom is 0.304 e. The number of carbonyl (C=O) groups excluding carboxylic acids is 3. The lowest BCUT2D eigenvalue weighted by atomic mass is 9.76. The molecule has 3 aliphatic rings. The van der Waals surface area contributed by atoms with Gasteiger partial charge in [0.05, 0.1) is 24.8 Å². The molecule has 5 rings (SSSR count). The summed E-state index contributed by atoms with van der Waals surface area (Å²) in [6.45, 7) is 0.0879. The summed E-state index contributed by atoms with van der Waals surface area (Å²) in [5.41, 5.74) is 0.457. The van der Waals surface area contributed by atoms with Crippen LogP contribution in [-0.2, 0) is 31.3 Å². The zero-order valence-electron chi connectivity index (χ0n) is 15.9. The first kappa shape index (κ1) is 18.5. The maximum atomic E-state index is 13.5. The minimum atomic E-state index is -1.46. The Balaban J connectivity index is 1.61. The van der Waals surface area contributed by atoms with Crippen molar-refractivity contribution >= 4 is 29.4 Å². The van der Waals surface area contributed by atoms with Gasteiger partial charge < -0.3 is 10.4 Å². The Bertz CT molecular complexity index is 1090. The van der Waals surface area contributed by atoms with Crippen LogP contribution in [0.1, 0.15) is 17.5 Å². The number of nitrogens with one attached hydrogen (secondary N) is 2. The van der Waals surface area contributed by atoms with Gasteiger partial charge in [-0.1, -0.05) is 48.5 Å². The minimum absolute atomic E-state index is 0.0879. The molecule has 3 N–H and O–H groups in total. The van der Waals surface area contributed by atoms with Gasteiger partial charge in [0.15, 0.2) is 0 Å². The molecule has 2 aromatic carbocycles. The average molecular weight is 405 g/mol. The van der Waals surface area contributed by atoms with Crippen molar-refractivity contribution in [1.82, 2.24) is 10.2 Å². The molecule has 3 aliphatic heterocycles. The number of fused-ring (bicyclic) bond motifs is 4. The van der Waals surface area contributed by atoms with E-state index in [1.54, 1.807) is 24.3 Å². The topological polar surface area (TPSA) is 116 Å². The lowest BCUT2D eigenvalue weighted by Gasteiger charge is -2.29. The van der Waals surface area contributed by atoms with Crippen molar-refractivity contribution in [2.45, 2.75) is 24.5 Å². The van der Waals surface area contributed by atoms with Gasteiger partial charge in [-0.15, -0.1) is 0 Å². The van der Waals surface area contributed by atoms with Crippen LogP contribution in [0.3, 0.4) is 0 Å². The van der Waals surface area contributed by atoms with E-state index in [2.05, 4.69) is 10.6 Å². The van der Waals surface area contributed by atoms with Gasteiger partial charge in [0.2, 0.25) is 17.7 Å². The highest BCUT2D eigenvalue weighted by atomic mass is 16.4. The Morgan fingerprint density at radius 3 is 2.43 bits per heavy atom. The molecule has 1 spiro atoms. The zero-order chi connectivity index (χ0) is 21.0. The number of imide groups is 1. The summed E-state index contributed by atoms with van der Waals surface area (Å²) in [5, 5.41) is 15.3. The van der Waals surface area contributed by atoms with Crippen LogP contribution in [0.5, 0.6) is 0 Å². The molecule has 0 saturated carbocycles. The molecule has 0 aromatic heterocycles. The summed E-state index contributed by atoms with van der Waals surface area (Å²) < 4.78 is 0. The second-order valence-corrected chi connectivity index (χ2v) is 7.91. The van der Waals surface area contributed by atoms with Crippen LogP contribution in [0.4, 0.5) is 5.69 Å². The molecule has 3 amide bonds. The highest BCUT2D eigenvalue weighted by molar-refractivity contribution is 6.15. The van der Waals surface area contributed by atoms with E-state index in [9.17, 15) is 24.3 Å². The number of nitrogens with zero attached hydrogens (tertiary/aromatic N) is 1. The number of anilines is 1. The number of rotatable bonds is 4. The fourth-order valence-electron chi connectivity index (χ4n) is 5.10. The molecule has 2 aromatic rings. The molecule has 2 saturated heterocycles. The number of carbonyl (C=O) groups is 4. The van der Waals surface area contributed by atoms with Gasteiger partial charge in [-0.05, 0) is 11.6 Å². The van der Waals surface area contributed by atoms with Gasteiger partial charge in [0, 0.05) is 17.3 Å². The van der Waals surface area contributed by atoms with Crippen LogP contribution < -0.4 is 10.6 Å². The summed E-state index contributed by atoms with van der Waals surface area (Å²) in [7, 11) is 0. The fourth-order valence-corrected chi connectivity index (χ4v) is 5.10. The first-order valence-electron chi connectivity index (χ1n) is 9.73. The Hall–Kier alpha value is -3.52. The number of amides is 3. The van der Waals surface area contributed by atoms with Crippen LogP contribution in [0.2, 0.25) is 0 Å². The third-order valence-electron chi connectivity index (χ3n) is 6.29. The number of hydrogen-bond donors (Lipinski definition) is 3. The highest BCUT2D eigenvalue weighted by Gasteiger charge is 2.70. The van der Waals surface area contributed by atoms with E-state index in [-0.39, 0.29) is 13.0 Å². The molecule has 4 unspecified atom stereocenters. The molecule has 3 heterocycles. The Kier molecular flexibility index (Phi) is 4.01. The van der Waals surface area contributed by atoms with Crippen molar-refractivity contribution < 1.29 is 24.3 Å². The quantitative estimate of drug-likeness (QED) is 0.656. The molecule has 8 heteroatoms. The van der Waals surface area contributed by atoms with Crippen molar-refractivity contribution in [2.75, 3.05) is 5.32 Å². The number of benzene rings is 2. The third kappa shape index (κ3) is 2.43. The van der Waals surface area contributed by atoms with Gasteiger partial charge >= 0.3 is 5.97 Å². The van der Waals surface area contributed by atoms with Crippen LogP contribution in [-0.4, -0.2) is 39.7 Å². The Morgan fingerprint density at radius 1 is 1.00 bits per heavy atom. The smallest absolute Gasteiger partial charge is 0.304 e. The van der Waals surface area contributed by atoms with Crippen molar-refractivity contribution in [1.29, 1.82) is 0 Å². The van der Waals surface area contributed by atoms with E-state index in [1.807, 2.05) is 30.3 Å². The Morgan fingerprint density at radius 2 is 1.70 bits per heavy atom. The normalized spacial score (nSPS) is 29.3. The Labute approximate surface area is 171 Å². The van der Waals surface area contributed by atoms with Gasteiger partial charge in [-0.25, -0.2) is 0 Å². The number of carboxylic acids is 1. The number of likely N-dealkylation sites (tertiary alicyclic amines) is 1. The summed E-state index contributed by atoms with van der Waals surface area (Å²) in [6.07, 6.45) is -0.365. The van der Waals surface area contributed by atoms with Gasteiger partial charge in [-0.3, -0.25) is 29.4 Å². The van der Waals surface area contributed by atoms with Crippen LogP contribution in [0.15, 0.2) is 54.6 Å². The van der Waals surface area contributed by atoms with E-state index in [0.717, 1.165) is 10.5 Å². The molecular formula is C22H19N3O5. The molecule has 8 nitrogen and oxygen atoms in total. The predicted octanol–water partition coefficient (Wildman–Crippen LogP) is 1.08. The number of carboxylic acid groups (broad SMARTS) is 1. The zero-order valence-corrected chi connectivity index (χ0v) is 15.9. The number of para-hydroxylation sites is 1. The van der Waals surface area contributed by atoms with E-state index < -0.39 is 47.1 Å². The number of hydrogen-bond acceptors (Lipinski definition) is 5. The van der Waals surface area contributed by atoms with Crippen molar-refractivity contribution in [3.63, 3.8) is 0 Å². The molecule has 0 aliphatic carbocycles. The van der Waals surface area contributed by atoms with E-state index in [4.69, 9.17) is 0 Å². The van der Waals surface area contributed by atoms with Crippen LogP contribution in [0, 0.1) is 11.8 Å². The lowest BCUT2D eigenvalue weighted by Crippen LogP contribution is -2.53. The molecule has 152 valence electrons. The predicted molar refractivity (Wildman–Crippen MR) is 105 cm³/mol. The summed E-state index contributed by atoms with van der Waals surface area (Å²) in [5.74, 6) is -4.36. The van der Waals surface area contributed by atoms with Crippen molar-refractivity contribution in [3.05, 3.63) is 65.7 Å². The molecule has 4 atom stereocenters. The summed E-state index contributed by atoms with van der Waals surface area (Å²) >= 11 is 0. The second kappa shape index (κ2) is 6.50. The fraction of sp³-hybridized carbons (Fsp3) is 0.273. The molecule has 0 bridgehead atoms. The third-order valence-corrected chi connectivity index (χ3v) is 6.29. The average Bonchev–Trinajstić information content (AvgIpc) is 3.29. The van der Waals surface area contributed by atoms with Crippen molar-refractivity contribution in [3.8, 4) is 0 Å². The maximum absolute atomic E-state index is 13.5. The van der Waals surface area contributed by atoms with Gasteiger partial charge in [-0.2, -0.15) is 0 Å². The minimum Gasteiger partial charge on any atom is -0.481 e. The van der Waals surface area contributed by atoms with Crippen molar-refractivity contribution in [2.24, 2.45) is 11.8 Å². The highest BCUT2D eigenvalue weighted by Crippen LogP contribution is 2.53. The largest absolute Gasteiger partial charge is 0.481 e. The molecular weight excluding hydrogens is 386 g/mol. The SMILES string of the molecule is O=C(O)CC1NC2(C(=O)Nc3ccccc32)C2C(=O)N(Cc3ccccc3)C(=O)C12. The van der Waals surface area contributed by atoms with Crippen LogP contribution >= 0.6 is 0 Å². The second-order valence-electron chi connectivity index (χ2n) is 7.91. The number of aliphatic carboxylic acids is 1. The van der Waals surface area contributed by atoms with Gasteiger partial charge in [0.1, 0.15) is 5.54 Å². The lowest BCUT2D eigenvalue weighted by molar-refractivity contribution is -0.143. The monoisotopic (exact) mass is 405 g/mol. The summed E-state index contributed by atoms with van der Waals surface area (Å²) in [6, 6.07) is 15.3. The molecule has 0 radical (unpaired) electrons. The first-order chi connectivity index (χ1) is 14.4. The van der Waals surface area contributed by atoms with Crippen LogP contribution in [0.25, 0.3) is 0 Å². The molecule has 30 heavy (non-hydrogen) atoms. The first-order valence-corrected chi connectivity index (χ1v) is 9.73. The molecule has 2 fully saturated rings. The van der Waals surface area contributed by atoms with Gasteiger partial charge in [0.25, 0.3) is 0 Å². The standard InChI is InChI=1S/C22H19N3O5/c26-16(27)10-15-17-18(20(29)25(19(17)28)11-12-6-2-1-3-7-12)22(24-15)13-8-4-5-9-14(13)23-21(22)30/h1-9,15,17-18,24H,10-11H2,(H,23,30)(H,26,27). The van der Waals surface area contributed by atoms with E-state index in [0.29, 0.717) is 11.3 Å².